The minimum Gasteiger partial charge on any atom is -0.0804 e. The summed E-state index contributed by atoms with van der Waals surface area (Å²) < 4.78 is 0. The third-order valence-corrected chi connectivity index (χ3v) is 3.87. The molecular formula is C16H16. The van der Waals surface area contributed by atoms with Crippen LogP contribution in [0.5, 0.6) is 0 Å². The molecule has 1 aromatic carbocycles. The third-order valence-electron chi connectivity index (χ3n) is 3.87. The molecule has 0 aliphatic heterocycles. The first-order valence-electron chi connectivity index (χ1n) is 5.91. The molecule has 0 heteroatoms. The first-order chi connectivity index (χ1) is 7.79. The number of benzene rings is 1. The second kappa shape index (κ2) is 3.48. The zero-order valence-electron chi connectivity index (χ0n) is 9.83. The van der Waals surface area contributed by atoms with E-state index in [1.54, 1.807) is 5.57 Å². The molecule has 80 valence electrons. The van der Waals surface area contributed by atoms with E-state index in [0.29, 0.717) is 5.92 Å². The van der Waals surface area contributed by atoms with Crippen LogP contribution in [0, 0.1) is 0 Å². The Hall–Kier alpha value is -1.56. The summed E-state index contributed by atoms with van der Waals surface area (Å²) in [6, 6.07) is 8.82. The maximum absolute atomic E-state index is 2.28. The number of fused-ring (bicyclic) bond motifs is 1. The van der Waals surface area contributed by atoms with Crippen molar-refractivity contribution in [2.45, 2.75) is 26.2 Å². The summed E-state index contributed by atoms with van der Waals surface area (Å²) in [6.45, 7) is 4.52. The van der Waals surface area contributed by atoms with Crippen LogP contribution < -0.4 is 0 Å². The molecule has 0 fully saturated rings. The summed E-state index contributed by atoms with van der Waals surface area (Å²) in [6.07, 6.45) is 7.82. The van der Waals surface area contributed by atoms with Gasteiger partial charge in [-0.15, -0.1) is 0 Å². The van der Waals surface area contributed by atoms with Gasteiger partial charge in [-0.1, -0.05) is 53.6 Å². The van der Waals surface area contributed by atoms with Gasteiger partial charge in [0.05, 0.1) is 0 Å². The molecule has 0 heterocycles. The van der Waals surface area contributed by atoms with Crippen LogP contribution in [-0.4, -0.2) is 0 Å². The van der Waals surface area contributed by atoms with Crippen molar-refractivity contribution in [3.8, 4) is 0 Å². The zero-order valence-corrected chi connectivity index (χ0v) is 9.83. The first kappa shape index (κ1) is 9.65. The van der Waals surface area contributed by atoms with Gasteiger partial charge in [0.1, 0.15) is 0 Å². The molecule has 0 N–H and O–H groups in total. The largest absolute Gasteiger partial charge is 0.0804 e. The minimum absolute atomic E-state index is 0.534. The van der Waals surface area contributed by atoms with Crippen LogP contribution in [0.1, 0.15) is 37.3 Å². The van der Waals surface area contributed by atoms with Crippen molar-refractivity contribution in [1.29, 1.82) is 0 Å². The van der Waals surface area contributed by atoms with Gasteiger partial charge in [-0.05, 0) is 37.0 Å². The van der Waals surface area contributed by atoms with Gasteiger partial charge in [-0.25, -0.2) is 0 Å². The molecule has 16 heavy (non-hydrogen) atoms. The zero-order chi connectivity index (χ0) is 11.1. The second-order valence-corrected chi connectivity index (χ2v) is 4.70. The first-order valence-corrected chi connectivity index (χ1v) is 5.91. The predicted octanol–water partition coefficient (Wildman–Crippen LogP) is 4.46. The van der Waals surface area contributed by atoms with E-state index in [0.717, 1.165) is 6.42 Å². The average Bonchev–Trinajstić information content (AvgIpc) is 2.89. The standard InChI is InChI=1S/C16H16/c1-11-12(2)16(13-7-3-4-8-13)15-10-6-5-9-14(11)15/h3-7,9-10,16H,8H2,1-2H3. The minimum atomic E-state index is 0.534. The van der Waals surface area contributed by atoms with Crippen molar-refractivity contribution in [1.82, 2.24) is 0 Å². The highest BCUT2D eigenvalue weighted by atomic mass is 14.3. The van der Waals surface area contributed by atoms with E-state index in [1.165, 1.54) is 22.3 Å². The van der Waals surface area contributed by atoms with E-state index in [2.05, 4.69) is 56.3 Å². The van der Waals surface area contributed by atoms with Crippen LogP contribution in [0.3, 0.4) is 0 Å². The maximum Gasteiger partial charge on any atom is 0.0273 e. The van der Waals surface area contributed by atoms with Gasteiger partial charge in [0, 0.05) is 5.92 Å². The quantitative estimate of drug-likeness (QED) is 0.639. The number of hydrogen-bond donors (Lipinski definition) is 0. The number of hydrogen-bond acceptors (Lipinski definition) is 0. The van der Waals surface area contributed by atoms with Crippen molar-refractivity contribution >= 4 is 5.57 Å². The molecule has 0 radical (unpaired) electrons. The lowest BCUT2D eigenvalue weighted by molar-refractivity contribution is 0.917. The Morgan fingerprint density at radius 2 is 1.94 bits per heavy atom. The Balaban J connectivity index is 2.14. The summed E-state index contributed by atoms with van der Waals surface area (Å²) in [5.41, 5.74) is 7.47. The SMILES string of the molecule is CC1=C(C)C(C2=CC=CC2)c2ccccc21. The number of rotatable bonds is 1. The van der Waals surface area contributed by atoms with E-state index >= 15 is 0 Å². The van der Waals surface area contributed by atoms with Crippen LogP contribution in [0.15, 0.2) is 53.6 Å². The van der Waals surface area contributed by atoms with Crippen molar-refractivity contribution in [3.05, 3.63) is 64.8 Å². The molecule has 0 spiro atoms. The Morgan fingerprint density at radius 1 is 1.12 bits per heavy atom. The molecule has 0 amide bonds. The van der Waals surface area contributed by atoms with E-state index in [9.17, 15) is 0 Å². The molecule has 3 rings (SSSR count). The molecule has 0 aromatic heterocycles. The highest BCUT2D eigenvalue weighted by molar-refractivity contribution is 5.78. The fourth-order valence-electron chi connectivity index (χ4n) is 2.91. The highest BCUT2D eigenvalue weighted by Crippen LogP contribution is 2.46. The van der Waals surface area contributed by atoms with Crippen molar-refractivity contribution in [3.63, 3.8) is 0 Å². The molecule has 0 nitrogen and oxygen atoms in total. The van der Waals surface area contributed by atoms with Crippen LogP contribution >= 0.6 is 0 Å². The molecule has 1 atom stereocenters. The van der Waals surface area contributed by atoms with Gasteiger partial charge in [0.25, 0.3) is 0 Å². The van der Waals surface area contributed by atoms with Gasteiger partial charge in [-0.2, -0.15) is 0 Å². The van der Waals surface area contributed by atoms with Crippen molar-refractivity contribution in [2.75, 3.05) is 0 Å². The molecule has 2 aliphatic rings. The fourth-order valence-corrected chi connectivity index (χ4v) is 2.91. The molecule has 1 unspecified atom stereocenters. The molecule has 0 bridgehead atoms. The molecule has 0 saturated heterocycles. The molecule has 1 aromatic rings. The van der Waals surface area contributed by atoms with Gasteiger partial charge in [0.2, 0.25) is 0 Å². The van der Waals surface area contributed by atoms with E-state index in [1.807, 2.05) is 0 Å². The Bertz CT molecular complexity index is 527. The monoisotopic (exact) mass is 208 g/mol. The topological polar surface area (TPSA) is 0 Å². The van der Waals surface area contributed by atoms with Crippen molar-refractivity contribution < 1.29 is 0 Å². The Kier molecular flexibility index (Phi) is 2.10. The summed E-state index contributed by atoms with van der Waals surface area (Å²) in [5.74, 6) is 0.534. The van der Waals surface area contributed by atoms with Gasteiger partial charge in [0.15, 0.2) is 0 Å². The maximum atomic E-state index is 2.28. The predicted molar refractivity (Wildman–Crippen MR) is 69.3 cm³/mol. The normalized spacial score (nSPS) is 22.6. The summed E-state index contributed by atoms with van der Waals surface area (Å²) in [4.78, 5) is 0. The smallest absolute Gasteiger partial charge is 0.0273 e. The van der Waals surface area contributed by atoms with Crippen LogP contribution in [0.25, 0.3) is 5.57 Å². The summed E-state index contributed by atoms with van der Waals surface area (Å²) >= 11 is 0. The summed E-state index contributed by atoms with van der Waals surface area (Å²) in [7, 11) is 0. The summed E-state index contributed by atoms with van der Waals surface area (Å²) in [5, 5.41) is 0. The highest BCUT2D eigenvalue weighted by Gasteiger charge is 2.28. The lowest BCUT2D eigenvalue weighted by Crippen LogP contribution is -1.99. The van der Waals surface area contributed by atoms with Crippen LogP contribution in [-0.2, 0) is 0 Å². The second-order valence-electron chi connectivity index (χ2n) is 4.70. The van der Waals surface area contributed by atoms with Crippen LogP contribution in [0.4, 0.5) is 0 Å². The fraction of sp³-hybridized carbons (Fsp3) is 0.250. The van der Waals surface area contributed by atoms with Gasteiger partial charge >= 0.3 is 0 Å². The van der Waals surface area contributed by atoms with Crippen LogP contribution in [0.2, 0.25) is 0 Å². The number of allylic oxidation sites excluding steroid dienone is 6. The van der Waals surface area contributed by atoms with E-state index in [4.69, 9.17) is 0 Å². The Morgan fingerprint density at radius 3 is 2.69 bits per heavy atom. The molecule has 2 aliphatic carbocycles. The van der Waals surface area contributed by atoms with Crippen molar-refractivity contribution in [2.24, 2.45) is 0 Å². The third kappa shape index (κ3) is 1.23. The Labute approximate surface area is 97.0 Å². The average molecular weight is 208 g/mol. The van der Waals surface area contributed by atoms with Gasteiger partial charge < -0.3 is 0 Å². The lowest BCUT2D eigenvalue weighted by atomic mass is 9.88. The lowest BCUT2D eigenvalue weighted by Gasteiger charge is -2.15. The molecular weight excluding hydrogens is 192 g/mol. The van der Waals surface area contributed by atoms with Gasteiger partial charge in [-0.3, -0.25) is 0 Å². The van der Waals surface area contributed by atoms with E-state index < -0.39 is 0 Å². The van der Waals surface area contributed by atoms with E-state index in [-0.39, 0.29) is 0 Å². The molecule has 0 saturated carbocycles.